The van der Waals surface area contributed by atoms with Gasteiger partial charge in [-0.25, -0.2) is 9.78 Å². The van der Waals surface area contributed by atoms with E-state index in [2.05, 4.69) is 18.8 Å². The van der Waals surface area contributed by atoms with Crippen LogP contribution in [0.5, 0.6) is 0 Å². The fourth-order valence-electron chi connectivity index (χ4n) is 2.03. The van der Waals surface area contributed by atoms with Crippen molar-refractivity contribution >= 4 is 17.3 Å². The average molecular weight is 253 g/mol. The topological polar surface area (TPSA) is 50.2 Å². The number of hydrogen-bond acceptors (Lipinski definition) is 3. The van der Waals surface area contributed by atoms with E-state index in [1.165, 1.54) is 11.3 Å². The molecule has 94 valence electrons. The molecule has 3 nitrogen and oxygen atoms in total. The second-order valence-electron chi connectivity index (χ2n) is 6.53. The van der Waals surface area contributed by atoms with Gasteiger partial charge in [0.15, 0.2) is 0 Å². The molecule has 4 heteroatoms. The molecule has 0 bridgehead atoms. The normalized spacial score (nSPS) is 22.5. The summed E-state index contributed by atoms with van der Waals surface area (Å²) in [4.78, 5) is 16.3. The van der Waals surface area contributed by atoms with E-state index >= 15 is 0 Å². The third-order valence-electron chi connectivity index (χ3n) is 3.36. The molecule has 1 atom stereocenters. The number of thiazole rings is 1. The van der Waals surface area contributed by atoms with Gasteiger partial charge >= 0.3 is 5.97 Å². The molecule has 1 saturated carbocycles. The number of rotatable bonds is 2. The number of carboxylic acids is 1. The van der Waals surface area contributed by atoms with Crippen LogP contribution in [-0.4, -0.2) is 16.1 Å². The van der Waals surface area contributed by atoms with E-state index in [1.807, 2.05) is 20.8 Å². The summed E-state index contributed by atoms with van der Waals surface area (Å²) in [6.45, 7) is 10.4. The van der Waals surface area contributed by atoms with Crippen LogP contribution < -0.4 is 0 Å². The minimum Gasteiger partial charge on any atom is -0.477 e. The summed E-state index contributed by atoms with van der Waals surface area (Å²) < 4.78 is 0. The second-order valence-corrected chi connectivity index (χ2v) is 7.56. The summed E-state index contributed by atoms with van der Waals surface area (Å²) in [6, 6.07) is 0. The number of nitrogens with zero attached hydrogens (tertiary/aromatic N) is 1. The van der Waals surface area contributed by atoms with Crippen LogP contribution in [0.2, 0.25) is 0 Å². The van der Waals surface area contributed by atoms with Gasteiger partial charge in [0.2, 0.25) is 0 Å². The predicted molar refractivity (Wildman–Crippen MR) is 68.9 cm³/mol. The summed E-state index contributed by atoms with van der Waals surface area (Å²) in [6.07, 6.45) is 1.11. The summed E-state index contributed by atoms with van der Waals surface area (Å²) in [5.74, 6) is -0.404. The molecule has 0 aromatic carbocycles. The molecule has 17 heavy (non-hydrogen) atoms. The predicted octanol–water partition coefficient (Wildman–Crippen LogP) is 3.65. The molecule has 2 rings (SSSR count). The third-order valence-corrected chi connectivity index (χ3v) is 4.52. The highest BCUT2D eigenvalue weighted by Gasteiger charge is 2.49. The first-order valence-corrected chi connectivity index (χ1v) is 6.69. The Kier molecular flexibility index (Phi) is 2.62. The number of aromatic nitrogens is 1. The van der Waals surface area contributed by atoms with Gasteiger partial charge in [0.05, 0.1) is 10.7 Å². The Labute approximate surface area is 106 Å². The van der Waals surface area contributed by atoms with Crippen molar-refractivity contribution in [2.24, 2.45) is 5.41 Å². The van der Waals surface area contributed by atoms with E-state index in [4.69, 9.17) is 0 Å². The van der Waals surface area contributed by atoms with Crippen LogP contribution in [0.4, 0.5) is 0 Å². The monoisotopic (exact) mass is 253 g/mol. The van der Waals surface area contributed by atoms with Gasteiger partial charge in [-0.05, 0) is 11.8 Å². The highest BCUT2D eigenvalue weighted by Crippen LogP contribution is 2.59. The first-order valence-electron chi connectivity index (χ1n) is 5.87. The Morgan fingerprint density at radius 1 is 1.47 bits per heavy atom. The van der Waals surface area contributed by atoms with Crippen LogP contribution >= 0.6 is 11.3 Å². The number of carbonyl (C=O) groups is 1. The Morgan fingerprint density at radius 3 is 2.29 bits per heavy atom. The molecule has 0 amide bonds. The lowest BCUT2D eigenvalue weighted by molar-refractivity contribution is 0.0699. The van der Waals surface area contributed by atoms with Crippen molar-refractivity contribution in [3.8, 4) is 0 Å². The zero-order valence-corrected chi connectivity index (χ0v) is 11.8. The highest BCUT2D eigenvalue weighted by atomic mass is 32.1. The van der Waals surface area contributed by atoms with Crippen molar-refractivity contribution in [2.45, 2.75) is 52.4 Å². The van der Waals surface area contributed by atoms with Crippen molar-refractivity contribution in [3.63, 3.8) is 0 Å². The highest BCUT2D eigenvalue weighted by molar-refractivity contribution is 7.13. The maximum absolute atomic E-state index is 11.3. The molecule has 1 aliphatic carbocycles. The lowest BCUT2D eigenvalue weighted by atomic mass is 9.91. The van der Waals surface area contributed by atoms with E-state index in [0.717, 1.165) is 17.1 Å². The van der Waals surface area contributed by atoms with Crippen LogP contribution in [0, 0.1) is 5.41 Å². The molecular weight excluding hydrogens is 234 g/mol. The molecule has 1 heterocycles. The van der Waals surface area contributed by atoms with Crippen molar-refractivity contribution in [3.05, 3.63) is 15.6 Å². The fourth-order valence-corrected chi connectivity index (χ4v) is 3.45. The molecule has 1 aliphatic rings. The SMILES string of the molecule is CC(C)(C)c1nc(C2CC2(C)C)sc1C(=O)O. The molecule has 0 spiro atoms. The minimum absolute atomic E-state index is 0.207. The van der Waals surface area contributed by atoms with Crippen molar-refractivity contribution in [1.29, 1.82) is 0 Å². The standard InChI is InChI=1S/C13H19NO2S/c1-12(2,3)9-8(11(15)16)17-10(14-9)7-6-13(7,4)5/h7H,6H2,1-5H3,(H,15,16). The van der Waals surface area contributed by atoms with Gasteiger partial charge in [0.1, 0.15) is 4.88 Å². The quantitative estimate of drug-likeness (QED) is 0.875. The molecule has 1 aromatic rings. The van der Waals surface area contributed by atoms with Crippen LogP contribution in [0.3, 0.4) is 0 Å². The van der Waals surface area contributed by atoms with E-state index in [0.29, 0.717) is 16.2 Å². The van der Waals surface area contributed by atoms with Gasteiger partial charge in [0, 0.05) is 11.3 Å². The molecule has 1 unspecified atom stereocenters. The van der Waals surface area contributed by atoms with Gasteiger partial charge in [-0.15, -0.1) is 11.3 Å². The molecule has 1 N–H and O–H groups in total. The largest absolute Gasteiger partial charge is 0.477 e. The summed E-state index contributed by atoms with van der Waals surface area (Å²) in [7, 11) is 0. The molecule has 1 aromatic heterocycles. The fraction of sp³-hybridized carbons (Fsp3) is 0.692. The lowest BCUT2D eigenvalue weighted by Crippen LogP contribution is -2.16. The number of aromatic carboxylic acids is 1. The molecule has 0 saturated heterocycles. The lowest BCUT2D eigenvalue weighted by Gasteiger charge is -2.16. The Morgan fingerprint density at radius 2 is 2.00 bits per heavy atom. The van der Waals surface area contributed by atoms with Crippen molar-refractivity contribution in [2.75, 3.05) is 0 Å². The number of hydrogen-bond donors (Lipinski definition) is 1. The summed E-state index contributed by atoms with van der Waals surface area (Å²) >= 11 is 1.36. The van der Waals surface area contributed by atoms with Gasteiger partial charge in [-0.2, -0.15) is 0 Å². The minimum atomic E-state index is -0.850. The molecule has 0 radical (unpaired) electrons. The zero-order chi connectivity index (χ0) is 13.0. The maximum atomic E-state index is 11.3. The van der Waals surface area contributed by atoms with E-state index in [-0.39, 0.29) is 5.41 Å². The third kappa shape index (κ3) is 2.23. The maximum Gasteiger partial charge on any atom is 0.347 e. The average Bonchev–Trinajstić information content (AvgIpc) is 2.62. The first kappa shape index (κ1) is 12.6. The van der Waals surface area contributed by atoms with Crippen LogP contribution in [-0.2, 0) is 5.41 Å². The second kappa shape index (κ2) is 3.55. The van der Waals surface area contributed by atoms with E-state index in [1.54, 1.807) is 0 Å². The van der Waals surface area contributed by atoms with Crippen molar-refractivity contribution < 1.29 is 9.90 Å². The van der Waals surface area contributed by atoms with E-state index in [9.17, 15) is 9.90 Å². The van der Waals surface area contributed by atoms with Gasteiger partial charge in [-0.3, -0.25) is 0 Å². The Balaban J connectivity index is 2.43. The zero-order valence-electron chi connectivity index (χ0n) is 11.0. The van der Waals surface area contributed by atoms with Crippen LogP contribution in [0.15, 0.2) is 0 Å². The van der Waals surface area contributed by atoms with Gasteiger partial charge < -0.3 is 5.11 Å². The summed E-state index contributed by atoms with van der Waals surface area (Å²) in [5, 5.41) is 10.2. The Bertz CT molecular complexity index is 468. The van der Waals surface area contributed by atoms with Gasteiger partial charge in [-0.1, -0.05) is 34.6 Å². The molecule has 0 aliphatic heterocycles. The molecular formula is C13H19NO2S. The summed E-state index contributed by atoms with van der Waals surface area (Å²) in [5.41, 5.74) is 0.817. The first-order chi connectivity index (χ1) is 7.63. The van der Waals surface area contributed by atoms with E-state index < -0.39 is 5.97 Å². The van der Waals surface area contributed by atoms with Gasteiger partial charge in [0.25, 0.3) is 0 Å². The van der Waals surface area contributed by atoms with Crippen LogP contribution in [0.25, 0.3) is 0 Å². The Hall–Kier alpha value is -0.900. The molecule has 1 fully saturated rings. The smallest absolute Gasteiger partial charge is 0.347 e. The van der Waals surface area contributed by atoms with Crippen LogP contribution in [0.1, 0.15) is 67.3 Å². The van der Waals surface area contributed by atoms with Crippen molar-refractivity contribution in [1.82, 2.24) is 4.98 Å². The number of carboxylic acid groups (broad SMARTS) is 1.